The van der Waals surface area contributed by atoms with E-state index in [1.54, 1.807) is 0 Å². The molecule has 46 heavy (non-hydrogen) atoms. The molecule has 0 amide bonds. The summed E-state index contributed by atoms with van der Waals surface area (Å²) in [6, 6.07) is 17.4. The summed E-state index contributed by atoms with van der Waals surface area (Å²) in [5.41, 5.74) is 21.0. The highest BCUT2D eigenvalue weighted by atomic mass is 16.4. The first-order valence-electron chi connectivity index (χ1n) is 15.4. The van der Waals surface area contributed by atoms with Crippen LogP contribution in [0.4, 0.5) is 22.7 Å². The van der Waals surface area contributed by atoms with Crippen molar-refractivity contribution in [2.24, 2.45) is 0 Å². The van der Waals surface area contributed by atoms with Gasteiger partial charge >= 0.3 is 11.9 Å². The van der Waals surface area contributed by atoms with Gasteiger partial charge in [-0.2, -0.15) is 0 Å². The van der Waals surface area contributed by atoms with Gasteiger partial charge in [-0.15, -0.1) is 0 Å². The van der Waals surface area contributed by atoms with E-state index in [4.69, 9.17) is 10.2 Å². The molecule has 6 heteroatoms. The molecule has 4 rings (SSSR count). The summed E-state index contributed by atoms with van der Waals surface area (Å²) in [4.78, 5) is 19.1. The summed E-state index contributed by atoms with van der Waals surface area (Å²) in [5.74, 6) is -2.51. The number of hydrogen-bond donors (Lipinski definition) is 4. The molecule has 0 aromatic heterocycles. The third kappa shape index (κ3) is 9.83. The molecule has 0 heterocycles. The minimum absolute atomic E-state index is 0.558. The average molecular weight is 623 g/mol. The van der Waals surface area contributed by atoms with Crippen LogP contribution in [0.2, 0.25) is 0 Å². The number of anilines is 4. The number of carboxylic acid groups (broad SMARTS) is 2. The first-order chi connectivity index (χ1) is 21.5. The summed E-state index contributed by atoms with van der Waals surface area (Å²) in [6.45, 7) is 26.1. The quantitative estimate of drug-likeness (QED) is 0.160. The minimum Gasteiger partial charge on any atom is -0.478 e. The van der Waals surface area contributed by atoms with Crippen molar-refractivity contribution in [1.82, 2.24) is 0 Å². The van der Waals surface area contributed by atoms with Crippen LogP contribution in [0.15, 0.2) is 60.7 Å². The molecule has 0 unspecified atom stereocenters. The lowest BCUT2D eigenvalue weighted by molar-refractivity contribution is -0.134. The number of aliphatic carboxylic acids is 2. The molecule has 0 aliphatic heterocycles. The third-order valence-electron chi connectivity index (χ3n) is 9.14. The molecule has 244 valence electrons. The van der Waals surface area contributed by atoms with Gasteiger partial charge in [0.15, 0.2) is 0 Å². The highest BCUT2D eigenvalue weighted by Crippen LogP contribution is 2.30. The Morgan fingerprint density at radius 1 is 0.391 bits per heavy atom. The monoisotopic (exact) mass is 622 g/mol. The zero-order valence-corrected chi connectivity index (χ0v) is 29.5. The van der Waals surface area contributed by atoms with Crippen LogP contribution in [0.5, 0.6) is 0 Å². The predicted molar refractivity (Wildman–Crippen MR) is 194 cm³/mol. The number of aryl methyl sites for hydroxylation is 4. The van der Waals surface area contributed by atoms with Crippen molar-refractivity contribution >= 4 is 34.7 Å². The van der Waals surface area contributed by atoms with Gasteiger partial charge in [-0.3, -0.25) is 0 Å². The lowest BCUT2D eigenvalue weighted by atomic mass is 10.0. The summed E-state index contributed by atoms with van der Waals surface area (Å²) in [7, 11) is 0. The van der Waals surface area contributed by atoms with Crippen molar-refractivity contribution in [3.8, 4) is 0 Å². The number of benzene rings is 4. The molecular weight excluding hydrogens is 572 g/mol. The number of hydrogen-bond acceptors (Lipinski definition) is 4. The molecule has 0 radical (unpaired) electrons. The minimum atomic E-state index is -1.26. The van der Waals surface area contributed by atoms with E-state index in [1.165, 1.54) is 89.5 Å². The number of nitrogens with one attached hydrogen (secondary N) is 2. The van der Waals surface area contributed by atoms with Crippen molar-refractivity contribution in [2.45, 2.75) is 83.1 Å². The van der Waals surface area contributed by atoms with Crippen molar-refractivity contribution in [2.75, 3.05) is 10.6 Å². The summed E-state index contributed by atoms with van der Waals surface area (Å²) >= 11 is 0. The van der Waals surface area contributed by atoms with E-state index in [0.717, 1.165) is 0 Å². The van der Waals surface area contributed by atoms with Crippen LogP contribution in [0.3, 0.4) is 0 Å². The van der Waals surface area contributed by atoms with E-state index in [2.05, 4.69) is 142 Å². The van der Waals surface area contributed by atoms with E-state index in [1.807, 2.05) is 0 Å². The molecule has 0 fully saturated rings. The second-order valence-electron chi connectivity index (χ2n) is 12.0. The zero-order chi connectivity index (χ0) is 34.9. The fourth-order valence-corrected chi connectivity index (χ4v) is 4.80. The lowest BCUT2D eigenvalue weighted by Crippen LogP contribution is -2.00. The van der Waals surface area contributed by atoms with Crippen LogP contribution in [-0.4, -0.2) is 22.2 Å². The normalized spacial score (nSPS) is 10.4. The molecule has 4 aromatic rings. The van der Waals surface area contributed by atoms with Gasteiger partial charge in [0, 0.05) is 34.9 Å². The van der Waals surface area contributed by atoms with Crippen LogP contribution in [-0.2, 0) is 9.59 Å². The van der Waals surface area contributed by atoms with Gasteiger partial charge in [0.2, 0.25) is 0 Å². The standard InChI is InChI=1S/2C18H23N.C4H4O4/c2*1-11-7-9-17(15(5)13(11)3)19-18-10-8-12(2)14(4)16(18)6;5-3(6)1-2-4(7)8/h2*7-10,19H,1-6H3;1-2H,(H,5,6)(H,7,8)/b;;2-1+. The lowest BCUT2D eigenvalue weighted by Gasteiger charge is -2.17. The van der Waals surface area contributed by atoms with E-state index in [-0.39, 0.29) is 0 Å². The Morgan fingerprint density at radius 2 is 0.587 bits per heavy atom. The Hall–Kier alpha value is -4.84. The summed E-state index contributed by atoms with van der Waals surface area (Å²) in [6.07, 6.45) is 1.12. The van der Waals surface area contributed by atoms with Crippen LogP contribution >= 0.6 is 0 Å². The topological polar surface area (TPSA) is 98.7 Å². The summed E-state index contributed by atoms with van der Waals surface area (Å²) < 4.78 is 0. The average Bonchev–Trinajstić information content (AvgIpc) is 3.01. The Kier molecular flexibility index (Phi) is 13.4. The Balaban J connectivity index is 0.000000261. The molecule has 0 aliphatic rings. The second kappa shape index (κ2) is 16.5. The molecular formula is C40H50N2O4. The highest BCUT2D eigenvalue weighted by molar-refractivity contribution is 5.89. The van der Waals surface area contributed by atoms with E-state index >= 15 is 0 Å². The van der Waals surface area contributed by atoms with Gasteiger partial charge < -0.3 is 20.8 Å². The molecule has 4 N–H and O–H groups in total. The van der Waals surface area contributed by atoms with Crippen molar-refractivity contribution in [1.29, 1.82) is 0 Å². The second-order valence-corrected chi connectivity index (χ2v) is 12.0. The summed E-state index contributed by atoms with van der Waals surface area (Å²) in [5, 5.41) is 22.8. The Morgan fingerprint density at radius 3 is 0.761 bits per heavy atom. The van der Waals surface area contributed by atoms with Gasteiger partial charge in [0.1, 0.15) is 0 Å². The SMILES string of the molecule is Cc1ccc(Nc2ccc(C)c(C)c2C)c(C)c1C.Cc1ccc(Nc2ccc(C)c(C)c2C)c(C)c1C.O=C(O)/C=C/C(=O)O. The maximum absolute atomic E-state index is 9.55. The van der Waals surface area contributed by atoms with E-state index in [0.29, 0.717) is 12.2 Å². The molecule has 6 nitrogen and oxygen atoms in total. The first kappa shape index (κ1) is 37.3. The van der Waals surface area contributed by atoms with Crippen LogP contribution < -0.4 is 10.6 Å². The Bertz CT molecular complexity index is 1530. The highest BCUT2D eigenvalue weighted by Gasteiger charge is 2.09. The maximum Gasteiger partial charge on any atom is 0.328 e. The molecule has 0 spiro atoms. The zero-order valence-electron chi connectivity index (χ0n) is 29.5. The van der Waals surface area contributed by atoms with Gasteiger partial charge in [-0.25, -0.2) is 9.59 Å². The van der Waals surface area contributed by atoms with Gasteiger partial charge in [-0.1, -0.05) is 24.3 Å². The van der Waals surface area contributed by atoms with Crippen LogP contribution in [0.1, 0.15) is 66.8 Å². The van der Waals surface area contributed by atoms with E-state index in [9.17, 15) is 9.59 Å². The molecule has 0 bridgehead atoms. The third-order valence-corrected chi connectivity index (χ3v) is 9.14. The van der Waals surface area contributed by atoms with Crippen LogP contribution in [0, 0.1) is 83.1 Å². The van der Waals surface area contributed by atoms with E-state index < -0.39 is 11.9 Å². The van der Waals surface area contributed by atoms with Gasteiger partial charge in [0.05, 0.1) is 0 Å². The fourth-order valence-electron chi connectivity index (χ4n) is 4.80. The number of carboxylic acids is 2. The number of rotatable bonds is 6. The molecule has 4 aromatic carbocycles. The first-order valence-corrected chi connectivity index (χ1v) is 15.4. The fraction of sp³-hybridized carbons (Fsp3) is 0.300. The van der Waals surface area contributed by atoms with Gasteiger partial charge in [0.25, 0.3) is 0 Å². The van der Waals surface area contributed by atoms with Crippen molar-refractivity contribution in [3.05, 3.63) is 127 Å². The van der Waals surface area contributed by atoms with Crippen molar-refractivity contribution in [3.63, 3.8) is 0 Å². The smallest absolute Gasteiger partial charge is 0.328 e. The van der Waals surface area contributed by atoms with Crippen LogP contribution in [0.25, 0.3) is 0 Å². The molecule has 0 aliphatic carbocycles. The number of carbonyl (C=O) groups is 2. The molecule has 0 saturated heterocycles. The molecule has 0 saturated carbocycles. The van der Waals surface area contributed by atoms with Gasteiger partial charge in [-0.05, 0) is 174 Å². The maximum atomic E-state index is 9.55. The largest absolute Gasteiger partial charge is 0.478 e. The molecule has 0 atom stereocenters. The predicted octanol–water partition coefficient (Wildman–Crippen LogP) is 10.3. The van der Waals surface area contributed by atoms with Crippen molar-refractivity contribution < 1.29 is 19.8 Å². The Labute approximate surface area is 275 Å².